The van der Waals surface area contributed by atoms with Gasteiger partial charge in [-0.1, -0.05) is 34.1 Å². The molecule has 1 aromatic rings. The lowest BCUT2D eigenvalue weighted by molar-refractivity contribution is 0.102. The van der Waals surface area contributed by atoms with Gasteiger partial charge >= 0.3 is 0 Å². The van der Waals surface area contributed by atoms with Crippen LogP contribution in [0.4, 0.5) is 0 Å². The molecular weight excluding hydrogens is 260 g/mol. The van der Waals surface area contributed by atoms with Crippen molar-refractivity contribution < 1.29 is 4.79 Å². The molecular formula is C11H11BrOS. The van der Waals surface area contributed by atoms with Gasteiger partial charge in [0.1, 0.15) is 0 Å². The highest BCUT2D eigenvalue weighted by Gasteiger charge is 2.04. The zero-order chi connectivity index (χ0) is 10.4. The molecule has 0 unspecified atom stereocenters. The van der Waals surface area contributed by atoms with E-state index in [4.69, 9.17) is 0 Å². The summed E-state index contributed by atoms with van der Waals surface area (Å²) in [6.45, 7) is 3.60. The molecule has 0 N–H and O–H groups in total. The van der Waals surface area contributed by atoms with Gasteiger partial charge in [0, 0.05) is 15.8 Å². The molecule has 74 valence electrons. The second-order valence-electron chi connectivity index (χ2n) is 2.73. The summed E-state index contributed by atoms with van der Waals surface area (Å²) in [7, 11) is 0. The third kappa shape index (κ3) is 3.68. The van der Waals surface area contributed by atoms with Crippen LogP contribution < -0.4 is 0 Å². The molecule has 1 rings (SSSR count). The highest BCUT2D eigenvalue weighted by atomic mass is 79.9. The Morgan fingerprint density at radius 2 is 2.07 bits per heavy atom. The number of hydrogen-bond donors (Lipinski definition) is 0. The quantitative estimate of drug-likeness (QED) is 0.463. The van der Waals surface area contributed by atoms with Crippen LogP contribution in [0, 0.1) is 0 Å². The second kappa shape index (κ2) is 6.04. The SMILES string of the molecule is C=CCSCC(=O)c1ccc(Br)cc1. The monoisotopic (exact) mass is 270 g/mol. The zero-order valence-electron chi connectivity index (χ0n) is 7.70. The first kappa shape index (κ1) is 11.5. The largest absolute Gasteiger partial charge is 0.293 e. The third-order valence-corrected chi connectivity index (χ3v) is 3.10. The Morgan fingerprint density at radius 3 is 2.64 bits per heavy atom. The lowest BCUT2D eigenvalue weighted by Gasteiger charge is -1.99. The van der Waals surface area contributed by atoms with Gasteiger partial charge in [-0.2, -0.15) is 0 Å². The van der Waals surface area contributed by atoms with Gasteiger partial charge < -0.3 is 0 Å². The summed E-state index contributed by atoms with van der Waals surface area (Å²) in [5, 5.41) is 0. The van der Waals surface area contributed by atoms with Gasteiger partial charge in [-0.15, -0.1) is 18.3 Å². The molecule has 0 atom stereocenters. The predicted octanol–water partition coefficient (Wildman–Crippen LogP) is 3.55. The van der Waals surface area contributed by atoms with Crippen molar-refractivity contribution in [1.82, 2.24) is 0 Å². The number of thioether (sulfide) groups is 1. The van der Waals surface area contributed by atoms with Gasteiger partial charge in [-0.05, 0) is 12.1 Å². The van der Waals surface area contributed by atoms with Crippen LogP contribution in [0.5, 0.6) is 0 Å². The molecule has 1 nitrogen and oxygen atoms in total. The Hall–Kier alpha value is -0.540. The molecule has 0 radical (unpaired) electrons. The van der Waals surface area contributed by atoms with Crippen molar-refractivity contribution >= 4 is 33.5 Å². The minimum Gasteiger partial charge on any atom is -0.293 e. The van der Waals surface area contributed by atoms with Crippen LogP contribution in [-0.4, -0.2) is 17.3 Å². The first-order valence-corrected chi connectivity index (χ1v) is 6.16. The summed E-state index contributed by atoms with van der Waals surface area (Å²) in [6.07, 6.45) is 1.81. The number of Topliss-reactive ketones (excluding diaryl/α,β-unsaturated/α-hetero) is 1. The standard InChI is InChI=1S/C11H11BrOS/c1-2-7-14-8-11(13)9-3-5-10(12)6-4-9/h2-6H,1,7-8H2. The number of ketones is 1. The van der Waals surface area contributed by atoms with E-state index in [2.05, 4.69) is 22.5 Å². The number of halogens is 1. The van der Waals surface area contributed by atoms with Gasteiger partial charge in [-0.3, -0.25) is 4.79 Å². The van der Waals surface area contributed by atoms with Crippen LogP contribution in [0.25, 0.3) is 0 Å². The highest BCUT2D eigenvalue weighted by Crippen LogP contribution is 2.12. The predicted molar refractivity (Wildman–Crippen MR) is 66.0 cm³/mol. The molecule has 1 aromatic carbocycles. The topological polar surface area (TPSA) is 17.1 Å². The molecule has 3 heteroatoms. The van der Waals surface area contributed by atoms with Crippen molar-refractivity contribution in [3.8, 4) is 0 Å². The molecule has 0 saturated heterocycles. The van der Waals surface area contributed by atoms with E-state index in [0.29, 0.717) is 5.75 Å². The van der Waals surface area contributed by atoms with Crippen molar-refractivity contribution in [2.75, 3.05) is 11.5 Å². The fourth-order valence-electron chi connectivity index (χ4n) is 0.954. The maximum atomic E-state index is 11.6. The number of carbonyl (C=O) groups is 1. The molecule has 0 saturated carbocycles. The van der Waals surface area contributed by atoms with Gasteiger partial charge in [0.05, 0.1) is 5.75 Å². The highest BCUT2D eigenvalue weighted by molar-refractivity contribution is 9.10. The molecule has 0 bridgehead atoms. The van der Waals surface area contributed by atoms with Crippen LogP contribution in [0.2, 0.25) is 0 Å². The molecule has 0 fully saturated rings. The Kier molecular flexibility index (Phi) is 4.98. The lowest BCUT2D eigenvalue weighted by Crippen LogP contribution is -2.02. The second-order valence-corrected chi connectivity index (χ2v) is 4.68. The van der Waals surface area contributed by atoms with Gasteiger partial charge in [0.15, 0.2) is 5.78 Å². The summed E-state index contributed by atoms with van der Waals surface area (Å²) in [5.41, 5.74) is 0.768. The maximum Gasteiger partial charge on any atom is 0.172 e. The normalized spacial score (nSPS) is 9.79. The molecule has 0 aliphatic heterocycles. The number of hydrogen-bond acceptors (Lipinski definition) is 2. The van der Waals surface area contributed by atoms with E-state index in [9.17, 15) is 4.79 Å². The summed E-state index contributed by atoms with van der Waals surface area (Å²) in [6, 6.07) is 7.43. The van der Waals surface area contributed by atoms with Crippen molar-refractivity contribution in [1.29, 1.82) is 0 Å². The third-order valence-electron chi connectivity index (χ3n) is 1.64. The first-order chi connectivity index (χ1) is 6.74. The summed E-state index contributed by atoms with van der Waals surface area (Å²) >= 11 is 4.91. The molecule has 0 aliphatic rings. The lowest BCUT2D eigenvalue weighted by atomic mass is 10.2. The maximum absolute atomic E-state index is 11.6. The van der Waals surface area contributed by atoms with E-state index < -0.39 is 0 Å². The summed E-state index contributed by atoms with van der Waals surface area (Å²) < 4.78 is 0.993. The average Bonchev–Trinajstić information content (AvgIpc) is 2.19. The Labute approximate surface area is 96.7 Å². The Morgan fingerprint density at radius 1 is 1.43 bits per heavy atom. The van der Waals surface area contributed by atoms with Crippen molar-refractivity contribution in [2.24, 2.45) is 0 Å². The van der Waals surface area contributed by atoms with E-state index in [-0.39, 0.29) is 5.78 Å². The van der Waals surface area contributed by atoms with Crippen LogP contribution in [0.3, 0.4) is 0 Å². The molecule has 0 spiro atoms. The van der Waals surface area contributed by atoms with E-state index in [0.717, 1.165) is 15.8 Å². The Balaban J connectivity index is 2.52. The molecule has 0 heterocycles. The van der Waals surface area contributed by atoms with Crippen LogP contribution in [-0.2, 0) is 0 Å². The summed E-state index contributed by atoms with van der Waals surface area (Å²) in [4.78, 5) is 11.6. The van der Waals surface area contributed by atoms with E-state index >= 15 is 0 Å². The fraction of sp³-hybridized carbons (Fsp3) is 0.182. The smallest absolute Gasteiger partial charge is 0.172 e. The molecule has 0 aromatic heterocycles. The Bertz CT molecular complexity index is 319. The number of benzene rings is 1. The van der Waals surface area contributed by atoms with Crippen LogP contribution >= 0.6 is 27.7 Å². The van der Waals surface area contributed by atoms with Gasteiger partial charge in [0.25, 0.3) is 0 Å². The van der Waals surface area contributed by atoms with Crippen molar-refractivity contribution in [2.45, 2.75) is 0 Å². The fourth-order valence-corrected chi connectivity index (χ4v) is 1.85. The van der Waals surface area contributed by atoms with Gasteiger partial charge in [-0.25, -0.2) is 0 Å². The minimum atomic E-state index is 0.171. The molecule has 0 amide bonds. The van der Waals surface area contributed by atoms with Crippen LogP contribution in [0.15, 0.2) is 41.4 Å². The minimum absolute atomic E-state index is 0.171. The first-order valence-electron chi connectivity index (χ1n) is 4.21. The van der Waals surface area contributed by atoms with Crippen molar-refractivity contribution in [3.63, 3.8) is 0 Å². The van der Waals surface area contributed by atoms with Gasteiger partial charge in [0.2, 0.25) is 0 Å². The molecule has 0 aliphatic carbocycles. The van der Waals surface area contributed by atoms with E-state index in [1.54, 1.807) is 17.8 Å². The number of rotatable bonds is 5. The van der Waals surface area contributed by atoms with E-state index in [1.165, 1.54) is 0 Å². The zero-order valence-corrected chi connectivity index (χ0v) is 10.1. The molecule has 14 heavy (non-hydrogen) atoms. The van der Waals surface area contributed by atoms with Crippen LogP contribution in [0.1, 0.15) is 10.4 Å². The average molecular weight is 271 g/mol. The van der Waals surface area contributed by atoms with Crippen molar-refractivity contribution in [3.05, 3.63) is 47.0 Å². The summed E-state index contributed by atoms with van der Waals surface area (Å²) in [5.74, 6) is 1.51. The van der Waals surface area contributed by atoms with E-state index in [1.807, 2.05) is 24.3 Å². The number of carbonyl (C=O) groups excluding carboxylic acids is 1.